The van der Waals surface area contributed by atoms with Gasteiger partial charge in [0.25, 0.3) is 0 Å². The van der Waals surface area contributed by atoms with Gasteiger partial charge in [-0.05, 0) is 12.3 Å². The van der Waals surface area contributed by atoms with Crippen molar-refractivity contribution >= 4 is 17.6 Å². The van der Waals surface area contributed by atoms with Gasteiger partial charge in [-0.3, -0.25) is 4.90 Å². The summed E-state index contributed by atoms with van der Waals surface area (Å²) in [7, 11) is 0. The molecule has 1 aliphatic rings. The van der Waals surface area contributed by atoms with Crippen LogP contribution in [0.25, 0.3) is 0 Å². The zero-order chi connectivity index (χ0) is 21.6. The van der Waals surface area contributed by atoms with E-state index < -0.39 is 42.5 Å². The summed E-state index contributed by atoms with van der Waals surface area (Å²) in [4.78, 5) is 24.3. The summed E-state index contributed by atoms with van der Waals surface area (Å²) in [6.45, 7) is 4.94. The molecule has 1 heterocycles. The molecule has 12 heteroatoms. The predicted molar refractivity (Wildman–Crippen MR) is 98.9 cm³/mol. The molecule has 1 unspecified atom stereocenters. The van der Waals surface area contributed by atoms with Gasteiger partial charge in [-0.15, -0.1) is 16.5 Å². The summed E-state index contributed by atoms with van der Waals surface area (Å²) < 4.78 is 5.39. The summed E-state index contributed by atoms with van der Waals surface area (Å²) in [6, 6.07) is -0.978. The first-order valence-corrected chi connectivity index (χ1v) is 9.67. The molecule has 5 N–H and O–H groups in total. The van der Waals surface area contributed by atoms with Crippen LogP contribution in [0.15, 0.2) is 5.29 Å². The predicted octanol–water partition coefficient (Wildman–Crippen LogP) is -0.425. The smallest absolute Gasteiger partial charge is 0.345 e. The van der Waals surface area contributed by atoms with E-state index in [1.807, 2.05) is 0 Å². The maximum atomic E-state index is 12.6. The Bertz CT molecular complexity index is 528. The van der Waals surface area contributed by atoms with Crippen LogP contribution in [-0.4, -0.2) is 96.9 Å². The Morgan fingerprint density at radius 1 is 1.25 bits per heavy atom. The Morgan fingerprint density at radius 3 is 2.32 bits per heavy atom. The Morgan fingerprint density at radius 2 is 1.86 bits per heavy atom. The van der Waals surface area contributed by atoms with Crippen molar-refractivity contribution in [1.29, 1.82) is 0 Å². The number of rotatable bonds is 9. The Hall–Kier alpha value is -1.08. The summed E-state index contributed by atoms with van der Waals surface area (Å²) in [6.07, 6.45) is -8.69. The number of carbonyl (C=O) groups is 1. The van der Waals surface area contributed by atoms with Gasteiger partial charge < -0.3 is 30.3 Å². The minimum absolute atomic E-state index is 0.0395. The van der Waals surface area contributed by atoms with Crippen molar-refractivity contribution in [2.45, 2.75) is 70.0 Å². The molecule has 1 saturated heterocycles. The van der Waals surface area contributed by atoms with E-state index >= 15 is 0 Å². The van der Waals surface area contributed by atoms with Crippen LogP contribution in [0.3, 0.4) is 0 Å². The van der Waals surface area contributed by atoms with E-state index in [2.05, 4.69) is 5.29 Å². The van der Waals surface area contributed by atoms with Crippen molar-refractivity contribution in [3.8, 4) is 0 Å². The van der Waals surface area contributed by atoms with Crippen molar-refractivity contribution < 1.29 is 35.1 Å². The zero-order valence-corrected chi connectivity index (χ0v) is 16.9. The molecule has 6 atom stereocenters. The van der Waals surface area contributed by atoms with Crippen LogP contribution in [0.2, 0.25) is 0 Å². The van der Waals surface area contributed by atoms with Gasteiger partial charge in [-0.1, -0.05) is 20.8 Å². The second-order valence-electron chi connectivity index (χ2n) is 7.23. The third-order valence-corrected chi connectivity index (χ3v) is 4.62. The average molecular weight is 428 g/mol. The molecule has 0 aromatic heterocycles. The van der Waals surface area contributed by atoms with Gasteiger partial charge in [-0.25, -0.2) is 4.79 Å². The van der Waals surface area contributed by atoms with Gasteiger partial charge in [0, 0.05) is 18.8 Å². The molecule has 0 spiro atoms. The third kappa shape index (κ3) is 5.50. The van der Waals surface area contributed by atoms with Crippen molar-refractivity contribution in [2.24, 2.45) is 11.2 Å². The summed E-state index contributed by atoms with van der Waals surface area (Å²) in [5.74, 6) is -2.49. The maximum absolute atomic E-state index is 12.6. The lowest BCUT2D eigenvalue weighted by atomic mass is 9.87. The SMILES string of the molecule is CCCN(C(=O)N(CCCl)N=O)C(O)[C@H]1O[C@@](O)(CC(C)C)[C@H](O)[C@@H](O)[C@@H]1O. The van der Waals surface area contributed by atoms with E-state index in [0.717, 1.165) is 4.90 Å². The lowest BCUT2D eigenvalue weighted by Crippen LogP contribution is -2.69. The number of aliphatic hydroxyl groups is 5. The van der Waals surface area contributed by atoms with Crippen LogP contribution in [0.5, 0.6) is 0 Å². The number of halogens is 1. The topological polar surface area (TPSA) is 163 Å². The number of nitroso groups, excluding NO2 is 1. The minimum Gasteiger partial charge on any atom is -0.387 e. The molecule has 0 aliphatic carbocycles. The highest BCUT2D eigenvalue weighted by Crippen LogP contribution is 2.35. The van der Waals surface area contributed by atoms with Gasteiger partial charge in [0.15, 0.2) is 12.0 Å². The molecular weight excluding hydrogens is 398 g/mol. The fourth-order valence-electron chi connectivity index (χ4n) is 3.17. The first kappa shape index (κ1) is 25.0. The number of hydrogen-bond acceptors (Lipinski definition) is 9. The highest BCUT2D eigenvalue weighted by atomic mass is 35.5. The fourth-order valence-corrected chi connectivity index (χ4v) is 3.33. The van der Waals surface area contributed by atoms with Gasteiger partial charge >= 0.3 is 6.03 Å². The van der Waals surface area contributed by atoms with Crippen LogP contribution in [-0.2, 0) is 4.74 Å². The molecule has 0 bridgehead atoms. The zero-order valence-electron chi connectivity index (χ0n) is 16.2. The first-order chi connectivity index (χ1) is 13.0. The summed E-state index contributed by atoms with van der Waals surface area (Å²) >= 11 is 5.54. The largest absolute Gasteiger partial charge is 0.387 e. The molecule has 164 valence electrons. The van der Waals surface area contributed by atoms with Crippen LogP contribution in [0.4, 0.5) is 4.79 Å². The standard InChI is InChI=1S/C16H30ClN3O8/c1-4-6-19(15(25)20(18-27)7-5-17)14(24)12-10(21)11(22)13(23)16(26,28-12)8-9(2)3/h9-14,21-24,26H,4-8H2,1-3H3/t10-,11-,12-,13+,14?,16-/m0/s1. The lowest BCUT2D eigenvalue weighted by molar-refractivity contribution is -0.367. The molecule has 0 aromatic rings. The van der Waals surface area contributed by atoms with E-state index in [9.17, 15) is 35.2 Å². The molecule has 1 aliphatic heterocycles. The maximum Gasteiger partial charge on any atom is 0.345 e. The summed E-state index contributed by atoms with van der Waals surface area (Å²) in [5.41, 5.74) is 0. The van der Waals surface area contributed by atoms with E-state index in [0.29, 0.717) is 11.4 Å². The quantitative estimate of drug-likeness (QED) is 0.143. The van der Waals surface area contributed by atoms with Crippen molar-refractivity contribution in [1.82, 2.24) is 9.91 Å². The number of aliphatic hydroxyl groups excluding tert-OH is 4. The number of carbonyl (C=O) groups excluding carboxylic acids is 1. The van der Waals surface area contributed by atoms with Gasteiger partial charge in [0.2, 0.25) is 0 Å². The molecular formula is C16H30ClN3O8. The number of ether oxygens (including phenoxy) is 1. The van der Waals surface area contributed by atoms with Crippen molar-refractivity contribution in [2.75, 3.05) is 19.0 Å². The van der Waals surface area contributed by atoms with Crippen molar-refractivity contribution in [3.63, 3.8) is 0 Å². The molecule has 0 saturated carbocycles. The Kier molecular flexibility index (Phi) is 9.47. The van der Waals surface area contributed by atoms with E-state index in [-0.39, 0.29) is 31.3 Å². The Labute approximate surface area is 168 Å². The number of alkyl halides is 1. The number of hydrogen-bond donors (Lipinski definition) is 5. The first-order valence-electron chi connectivity index (χ1n) is 9.13. The second-order valence-corrected chi connectivity index (χ2v) is 7.61. The summed E-state index contributed by atoms with van der Waals surface area (Å²) in [5, 5.41) is 55.0. The molecule has 11 nitrogen and oxygen atoms in total. The highest BCUT2D eigenvalue weighted by molar-refractivity contribution is 6.18. The van der Waals surface area contributed by atoms with E-state index in [4.69, 9.17) is 16.3 Å². The third-order valence-electron chi connectivity index (χ3n) is 4.45. The van der Waals surface area contributed by atoms with Crippen LogP contribution >= 0.6 is 11.6 Å². The molecule has 1 fully saturated rings. The van der Waals surface area contributed by atoms with Gasteiger partial charge in [0.1, 0.15) is 24.4 Å². The number of nitrogens with zero attached hydrogens (tertiary/aromatic N) is 3. The fraction of sp³-hybridized carbons (Fsp3) is 0.938. The second kappa shape index (κ2) is 10.6. The average Bonchev–Trinajstić information content (AvgIpc) is 2.64. The monoisotopic (exact) mass is 427 g/mol. The number of amides is 2. The van der Waals surface area contributed by atoms with Crippen LogP contribution in [0, 0.1) is 10.8 Å². The Balaban J connectivity index is 3.16. The van der Waals surface area contributed by atoms with E-state index in [1.165, 1.54) is 0 Å². The molecule has 28 heavy (non-hydrogen) atoms. The van der Waals surface area contributed by atoms with Gasteiger partial charge in [0.05, 0.1) is 11.8 Å². The highest BCUT2D eigenvalue weighted by Gasteiger charge is 2.55. The van der Waals surface area contributed by atoms with Gasteiger partial charge in [-0.2, -0.15) is 5.01 Å². The van der Waals surface area contributed by atoms with E-state index in [1.54, 1.807) is 20.8 Å². The molecule has 1 rings (SSSR count). The van der Waals surface area contributed by atoms with Crippen LogP contribution in [0.1, 0.15) is 33.6 Å². The van der Waals surface area contributed by atoms with Crippen molar-refractivity contribution in [3.05, 3.63) is 4.91 Å². The lowest BCUT2D eigenvalue weighted by Gasteiger charge is -2.49. The normalized spacial score (nSPS) is 31.5. The molecule has 0 radical (unpaired) electrons. The van der Waals surface area contributed by atoms with Crippen LogP contribution < -0.4 is 0 Å². The minimum atomic E-state index is -2.25. The number of urea groups is 1. The molecule has 0 aromatic carbocycles. The molecule has 2 amide bonds.